The van der Waals surface area contributed by atoms with E-state index < -0.39 is 18.2 Å². The van der Waals surface area contributed by atoms with Crippen LogP contribution in [0.4, 0.5) is 21.0 Å². The van der Waals surface area contributed by atoms with Crippen molar-refractivity contribution in [1.82, 2.24) is 15.1 Å². The number of nitrogens with zero attached hydrogens (tertiary/aromatic N) is 2. The summed E-state index contributed by atoms with van der Waals surface area (Å²) in [5.41, 5.74) is 1.05. The summed E-state index contributed by atoms with van der Waals surface area (Å²) in [4.78, 5) is 43.2. The normalized spacial score (nSPS) is 20.7. The minimum atomic E-state index is -0.542. The molecule has 2 heterocycles. The minimum absolute atomic E-state index is 0.120. The number of hydrogen-bond acceptors (Lipinski definition) is 7. The van der Waals surface area contributed by atoms with Gasteiger partial charge in [0, 0.05) is 37.3 Å². The summed E-state index contributed by atoms with van der Waals surface area (Å²) in [6.45, 7) is 4.23. The van der Waals surface area contributed by atoms with Gasteiger partial charge in [0.25, 0.3) is 5.91 Å². The first-order chi connectivity index (χ1) is 20.7. The molecule has 0 spiro atoms. The molecule has 2 aromatic carbocycles. The number of hydrogen-bond donors (Lipinski definition) is 4. The maximum atomic E-state index is 13.7. The van der Waals surface area contributed by atoms with E-state index in [-0.39, 0.29) is 55.2 Å². The number of aliphatic hydroxyl groups excluding tert-OH is 1. The first-order valence-electron chi connectivity index (χ1n) is 14.9. The van der Waals surface area contributed by atoms with Crippen molar-refractivity contribution in [3.05, 3.63) is 42.0 Å². The highest BCUT2D eigenvalue weighted by Gasteiger charge is 2.35. The maximum Gasteiger partial charge on any atom is 0.323 e. The Hall–Kier alpha value is -4.19. The zero-order chi connectivity index (χ0) is 30.5. The Kier molecular flexibility index (Phi) is 9.44. The molecule has 2 aromatic rings. The first kappa shape index (κ1) is 30.3. The van der Waals surface area contributed by atoms with Gasteiger partial charge in [-0.25, -0.2) is 9.59 Å². The van der Waals surface area contributed by atoms with Crippen molar-refractivity contribution in [1.29, 1.82) is 0 Å². The fourth-order valence-electron chi connectivity index (χ4n) is 5.70. The van der Waals surface area contributed by atoms with Crippen LogP contribution < -0.4 is 30.2 Å². The van der Waals surface area contributed by atoms with Crippen LogP contribution in [0.25, 0.3) is 0 Å². The first-order valence-corrected chi connectivity index (χ1v) is 14.9. The Bertz CT molecular complexity index is 1330. The molecule has 3 atom stereocenters. The van der Waals surface area contributed by atoms with Gasteiger partial charge in [0.2, 0.25) is 6.79 Å². The zero-order valence-electron chi connectivity index (χ0n) is 24.9. The SMILES string of the molecule is C[C@H]1CN([C@@H](C)CO)C(=O)c2cccc(NC(=O)Nc3ccc4c(c3)OCO4)c2O[C@@H]1CN(C)C(=O)NC1CCCCC1. The van der Waals surface area contributed by atoms with Gasteiger partial charge in [0.15, 0.2) is 17.2 Å². The Labute approximate surface area is 251 Å². The van der Waals surface area contributed by atoms with Crippen molar-refractivity contribution >= 4 is 29.3 Å². The van der Waals surface area contributed by atoms with Crippen LogP contribution in [0.1, 0.15) is 56.3 Å². The lowest BCUT2D eigenvalue weighted by Crippen LogP contribution is -2.52. The Morgan fingerprint density at radius 1 is 1.09 bits per heavy atom. The molecule has 0 saturated heterocycles. The van der Waals surface area contributed by atoms with Gasteiger partial charge < -0.3 is 45.1 Å². The number of amides is 5. The highest BCUT2D eigenvalue weighted by Crippen LogP contribution is 2.36. The van der Waals surface area contributed by atoms with E-state index in [1.54, 1.807) is 60.2 Å². The van der Waals surface area contributed by atoms with E-state index in [9.17, 15) is 19.5 Å². The number of para-hydroxylation sites is 1. The highest BCUT2D eigenvalue weighted by molar-refractivity contribution is 6.04. The summed E-state index contributed by atoms with van der Waals surface area (Å²) >= 11 is 0. The molecule has 2 aliphatic heterocycles. The third kappa shape index (κ3) is 7.07. The lowest BCUT2D eigenvalue weighted by molar-refractivity contribution is 0.0368. The second-order valence-corrected chi connectivity index (χ2v) is 11.6. The average Bonchev–Trinajstić information content (AvgIpc) is 3.47. The maximum absolute atomic E-state index is 13.7. The van der Waals surface area contributed by atoms with Crippen LogP contribution in [0.3, 0.4) is 0 Å². The van der Waals surface area contributed by atoms with Crippen molar-refractivity contribution in [3.63, 3.8) is 0 Å². The van der Waals surface area contributed by atoms with Gasteiger partial charge in [0.1, 0.15) is 6.10 Å². The van der Waals surface area contributed by atoms with E-state index in [0.29, 0.717) is 29.4 Å². The van der Waals surface area contributed by atoms with Gasteiger partial charge in [-0.1, -0.05) is 32.3 Å². The van der Waals surface area contributed by atoms with E-state index in [2.05, 4.69) is 16.0 Å². The number of aliphatic hydroxyl groups is 1. The van der Waals surface area contributed by atoms with Crippen LogP contribution in [0, 0.1) is 5.92 Å². The van der Waals surface area contributed by atoms with Crippen molar-refractivity contribution in [2.75, 3.05) is 44.2 Å². The van der Waals surface area contributed by atoms with E-state index in [4.69, 9.17) is 14.2 Å². The number of nitrogens with one attached hydrogen (secondary N) is 3. The third-order valence-corrected chi connectivity index (χ3v) is 8.30. The lowest BCUT2D eigenvalue weighted by Gasteiger charge is -2.38. The standard InChI is InChI=1S/C31H41N5O7/c1-19-15-36(20(2)17-37)29(38)23-10-7-11-24(34-30(39)32-22-12-13-25-26(14-22)42-18-41-25)28(23)43-27(19)16-35(3)31(40)33-21-8-5-4-6-9-21/h7,10-14,19-21,27,37H,4-6,8-9,15-18H2,1-3H3,(H,33,40)(H2,32,34,39)/t19-,20-,27+/m0/s1. The molecular formula is C31H41N5O7. The number of ether oxygens (including phenoxy) is 3. The van der Waals surface area contributed by atoms with Crippen molar-refractivity contribution < 1.29 is 33.7 Å². The van der Waals surface area contributed by atoms with Gasteiger partial charge >= 0.3 is 12.1 Å². The molecule has 0 aromatic heterocycles. The topological polar surface area (TPSA) is 142 Å². The molecule has 0 bridgehead atoms. The minimum Gasteiger partial charge on any atom is -0.485 e. The summed E-state index contributed by atoms with van der Waals surface area (Å²) < 4.78 is 17.3. The Morgan fingerprint density at radius 3 is 2.63 bits per heavy atom. The molecule has 43 heavy (non-hydrogen) atoms. The number of carbonyl (C=O) groups is 3. The van der Waals surface area contributed by atoms with Crippen LogP contribution in [-0.2, 0) is 0 Å². The molecule has 1 saturated carbocycles. The predicted octanol–water partition coefficient (Wildman–Crippen LogP) is 4.25. The van der Waals surface area contributed by atoms with Crippen LogP contribution >= 0.6 is 0 Å². The molecule has 0 unspecified atom stereocenters. The number of likely N-dealkylation sites (N-methyl/N-ethyl adjacent to an activating group) is 1. The van der Waals surface area contributed by atoms with E-state index in [0.717, 1.165) is 25.7 Å². The lowest BCUT2D eigenvalue weighted by atomic mass is 9.96. The van der Waals surface area contributed by atoms with Crippen LogP contribution in [-0.4, -0.2) is 84.6 Å². The average molecular weight is 596 g/mol. The molecule has 12 nitrogen and oxygen atoms in total. The fourth-order valence-corrected chi connectivity index (χ4v) is 5.70. The predicted molar refractivity (Wildman–Crippen MR) is 161 cm³/mol. The third-order valence-electron chi connectivity index (χ3n) is 8.30. The molecule has 4 N–H and O–H groups in total. The molecule has 3 aliphatic rings. The number of urea groups is 2. The molecule has 5 rings (SSSR count). The van der Waals surface area contributed by atoms with Gasteiger partial charge in [-0.15, -0.1) is 0 Å². The highest BCUT2D eigenvalue weighted by atomic mass is 16.7. The van der Waals surface area contributed by atoms with Crippen molar-refractivity contribution in [2.24, 2.45) is 5.92 Å². The largest absolute Gasteiger partial charge is 0.485 e. The van der Waals surface area contributed by atoms with Gasteiger partial charge in [-0.2, -0.15) is 0 Å². The van der Waals surface area contributed by atoms with E-state index >= 15 is 0 Å². The number of carbonyl (C=O) groups excluding carboxylic acids is 3. The summed E-state index contributed by atoms with van der Waals surface area (Å²) in [5.74, 6) is 0.822. The van der Waals surface area contributed by atoms with E-state index in [1.165, 1.54) is 6.42 Å². The van der Waals surface area contributed by atoms with Crippen LogP contribution in [0.15, 0.2) is 36.4 Å². The molecular weight excluding hydrogens is 554 g/mol. The van der Waals surface area contributed by atoms with Crippen molar-refractivity contribution in [2.45, 2.75) is 64.1 Å². The second kappa shape index (κ2) is 13.4. The molecule has 0 radical (unpaired) electrons. The second-order valence-electron chi connectivity index (χ2n) is 11.6. The Balaban J connectivity index is 1.38. The number of benzene rings is 2. The smallest absolute Gasteiger partial charge is 0.323 e. The van der Waals surface area contributed by atoms with Crippen LogP contribution in [0.5, 0.6) is 17.2 Å². The molecule has 5 amide bonds. The summed E-state index contributed by atoms with van der Waals surface area (Å²) in [6.07, 6.45) is 4.85. The molecule has 232 valence electrons. The van der Waals surface area contributed by atoms with Crippen LogP contribution in [0.2, 0.25) is 0 Å². The number of rotatable bonds is 7. The number of anilines is 2. The zero-order valence-corrected chi connectivity index (χ0v) is 24.9. The quantitative estimate of drug-likeness (QED) is 0.375. The van der Waals surface area contributed by atoms with Gasteiger partial charge in [-0.3, -0.25) is 4.79 Å². The fraction of sp³-hybridized carbons (Fsp3) is 0.516. The molecule has 12 heteroatoms. The number of fused-ring (bicyclic) bond motifs is 2. The summed E-state index contributed by atoms with van der Waals surface area (Å²) in [7, 11) is 1.73. The van der Waals surface area contributed by atoms with Gasteiger partial charge in [-0.05, 0) is 44.0 Å². The van der Waals surface area contributed by atoms with Gasteiger partial charge in [0.05, 0.1) is 30.4 Å². The Morgan fingerprint density at radius 2 is 1.86 bits per heavy atom. The summed E-state index contributed by atoms with van der Waals surface area (Å²) in [6, 6.07) is 9.05. The monoisotopic (exact) mass is 595 g/mol. The molecule has 1 fully saturated rings. The van der Waals surface area contributed by atoms with Crippen molar-refractivity contribution in [3.8, 4) is 17.2 Å². The summed E-state index contributed by atoms with van der Waals surface area (Å²) in [5, 5.41) is 18.7. The van der Waals surface area contributed by atoms with E-state index in [1.807, 2.05) is 6.92 Å². The molecule has 1 aliphatic carbocycles.